The van der Waals surface area contributed by atoms with Gasteiger partial charge in [0.1, 0.15) is 0 Å². The van der Waals surface area contributed by atoms with E-state index in [1.165, 1.54) is 0 Å². The number of nitrogens with zero attached hydrogens (tertiary/aromatic N) is 1. The quantitative estimate of drug-likeness (QED) is 0.761. The summed E-state index contributed by atoms with van der Waals surface area (Å²) in [4.78, 5) is 0. The van der Waals surface area contributed by atoms with Crippen LogP contribution >= 0.6 is 11.8 Å². The summed E-state index contributed by atoms with van der Waals surface area (Å²) in [5.74, 6) is 1.77. The Hall–Kier alpha value is -1.34. The molecule has 0 aromatic heterocycles. The standard InChI is InChI=1S/C13H19N3S/c1-10(9-17-2)8-16-12-3-4-13(15)11(7-12)5-6-14/h3-4,7,10,16H,5,8-9,15H2,1-2H3. The van der Waals surface area contributed by atoms with Crippen molar-refractivity contribution in [2.75, 3.05) is 29.6 Å². The molecule has 1 aromatic rings. The minimum atomic E-state index is 0.363. The first kappa shape index (κ1) is 13.7. The summed E-state index contributed by atoms with van der Waals surface area (Å²) >= 11 is 1.86. The molecule has 0 saturated carbocycles. The largest absolute Gasteiger partial charge is 0.398 e. The fourth-order valence-corrected chi connectivity index (χ4v) is 2.28. The average Bonchev–Trinajstić information content (AvgIpc) is 2.31. The van der Waals surface area contributed by atoms with E-state index in [9.17, 15) is 0 Å². The molecule has 92 valence electrons. The number of hydrogen-bond acceptors (Lipinski definition) is 4. The number of hydrogen-bond donors (Lipinski definition) is 2. The van der Waals surface area contributed by atoms with Gasteiger partial charge >= 0.3 is 0 Å². The fourth-order valence-electron chi connectivity index (χ4n) is 1.59. The van der Waals surface area contributed by atoms with Crippen molar-refractivity contribution in [1.29, 1.82) is 5.26 Å². The van der Waals surface area contributed by atoms with Gasteiger partial charge in [0.15, 0.2) is 0 Å². The zero-order valence-corrected chi connectivity index (χ0v) is 11.2. The van der Waals surface area contributed by atoms with Gasteiger partial charge in [-0.15, -0.1) is 0 Å². The van der Waals surface area contributed by atoms with E-state index in [4.69, 9.17) is 11.0 Å². The highest BCUT2D eigenvalue weighted by molar-refractivity contribution is 7.98. The van der Waals surface area contributed by atoms with Crippen LogP contribution in [-0.4, -0.2) is 18.6 Å². The Morgan fingerprint density at radius 2 is 2.29 bits per heavy atom. The highest BCUT2D eigenvalue weighted by Gasteiger charge is 2.03. The van der Waals surface area contributed by atoms with Crippen molar-refractivity contribution >= 4 is 23.1 Å². The van der Waals surface area contributed by atoms with Crippen molar-refractivity contribution < 1.29 is 0 Å². The van der Waals surface area contributed by atoms with Crippen LogP contribution < -0.4 is 11.1 Å². The van der Waals surface area contributed by atoms with Crippen LogP contribution in [0.1, 0.15) is 12.5 Å². The Balaban J connectivity index is 2.60. The number of nitriles is 1. The first-order valence-corrected chi connectivity index (χ1v) is 7.05. The van der Waals surface area contributed by atoms with E-state index < -0.39 is 0 Å². The Morgan fingerprint density at radius 1 is 1.53 bits per heavy atom. The lowest BCUT2D eigenvalue weighted by Gasteiger charge is -2.13. The SMILES string of the molecule is CSCC(C)CNc1ccc(N)c(CC#N)c1. The third-order valence-electron chi connectivity index (χ3n) is 2.52. The molecule has 0 spiro atoms. The number of anilines is 2. The molecule has 1 aromatic carbocycles. The Kier molecular flexibility index (Phi) is 5.71. The van der Waals surface area contributed by atoms with Gasteiger partial charge in [0.25, 0.3) is 0 Å². The van der Waals surface area contributed by atoms with E-state index in [1.807, 2.05) is 30.0 Å². The van der Waals surface area contributed by atoms with Gasteiger partial charge in [-0.05, 0) is 41.7 Å². The van der Waals surface area contributed by atoms with Crippen molar-refractivity contribution in [1.82, 2.24) is 0 Å². The molecule has 1 atom stereocenters. The number of nitrogens with one attached hydrogen (secondary N) is 1. The van der Waals surface area contributed by atoms with Crippen molar-refractivity contribution in [2.45, 2.75) is 13.3 Å². The average molecular weight is 249 g/mol. The maximum atomic E-state index is 8.69. The summed E-state index contributed by atoms with van der Waals surface area (Å²) in [6.45, 7) is 3.16. The molecule has 4 heteroatoms. The zero-order valence-electron chi connectivity index (χ0n) is 10.4. The molecule has 1 rings (SSSR count). The van der Waals surface area contributed by atoms with E-state index >= 15 is 0 Å². The molecule has 0 aliphatic heterocycles. The molecule has 0 bridgehead atoms. The van der Waals surface area contributed by atoms with Gasteiger partial charge in [0.05, 0.1) is 12.5 Å². The molecule has 17 heavy (non-hydrogen) atoms. The predicted octanol–water partition coefficient (Wildman–Crippen LogP) is 2.75. The topological polar surface area (TPSA) is 61.8 Å². The Labute approximate surface area is 107 Å². The number of nitrogen functional groups attached to an aromatic ring is 1. The van der Waals surface area contributed by atoms with Crippen LogP contribution in [0, 0.1) is 17.2 Å². The van der Waals surface area contributed by atoms with Crippen LogP contribution in [0.4, 0.5) is 11.4 Å². The normalized spacial score (nSPS) is 11.8. The molecule has 3 nitrogen and oxygen atoms in total. The molecule has 3 N–H and O–H groups in total. The molecule has 1 unspecified atom stereocenters. The highest BCUT2D eigenvalue weighted by Crippen LogP contribution is 2.18. The summed E-state index contributed by atoms with van der Waals surface area (Å²) in [5, 5.41) is 12.1. The minimum Gasteiger partial charge on any atom is -0.398 e. The van der Waals surface area contributed by atoms with E-state index in [1.54, 1.807) is 0 Å². The summed E-state index contributed by atoms with van der Waals surface area (Å²) < 4.78 is 0. The lowest BCUT2D eigenvalue weighted by Crippen LogP contribution is -2.13. The zero-order chi connectivity index (χ0) is 12.7. The van der Waals surface area contributed by atoms with Crippen molar-refractivity contribution in [2.24, 2.45) is 5.92 Å². The minimum absolute atomic E-state index is 0.363. The maximum absolute atomic E-state index is 8.69. The Bertz CT molecular complexity index is 398. The highest BCUT2D eigenvalue weighted by atomic mass is 32.2. The van der Waals surface area contributed by atoms with Gasteiger partial charge in [0.2, 0.25) is 0 Å². The first-order chi connectivity index (χ1) is 8.17. The fraction of sp³-hybridized carbons (Fsp3) is 0.462. The second-order valence-electron chi connectivity index (χ2n) is 4.19. The lowest BCUT2D eigenvalue weighted by atomic mass is 10.1. The third kappa shape index (κ3) is 4.58. The van der Waals surface area contributed by atoms with Gasteiger partial charge in [0, 0.05) is 17.9 Å². The van der Waals surface area contributed by atoms with Crippen molar-refractivity contribution in [3.63, 3.8) is 0 Å². The van der Waals surface area contributed by atoms with Gasteiger partial charge in [-0.2, -0.15) is 17.0 Å². The van der Waals surface area contributed by atoms with E-state index in [-0.39, 0.29) is 0 Å². The second-order valence-corrected chi connectivity index (χ2v) is 5.10. The molecule has 0 heterocycles. The summed E-state index contributed by atoms with van der Waals surface area (Å²) in [7, 11) is 0. The van der Waals surface area contributed by atoms with E-state index in [2.05, 4.69) is 24.6 Å². The molecule has 0 fully saturated rings. The van der Waals surface area contributed by atoms with Crippen LogP contribution in [0.25, 0.3) is 0 Å². The van der Waals surface area contributed by atoms with Crippen molar-refractivity contribution in [3.05, 3.63) is 23.8 Å². The number of benzene rings is 1. The summed E-state index contributed by atoms with van der Waals surface area (Å²) in [5.41, 5.74) is 8.42. The third-order valence-corrected chi connectivity index (χ3v) is 3.42. The van der Waals surface area contributed by atoms with E-state index in [0.717, 1.165) is 23.5 Å². The first-order valence-electron chi connectivity index (χ1n) is 5.65. The van der Waals surface area contributed by atoms with E-state index in [0.29, 0.717) is 18.0 Å². The van der Waals surface area contributed by atoms with Crippen LogP contribution in [-0.2, 0) is 6.42 Å². The maximum Gasteiger partial charge on any atom is 0.0670 e. The predicted molar refractivity (Wildman–Crippen MR) is 76.2 cm³/mol. The molecule has 0 radical (unpaired) electrons. The molecule has 0 aliphatic rings. The van der Waals surface area contributed by atoms with Crippen LogP contribution in [0.15, 0.2) is 18.2 Å². The van der Waals surface area contributed by atoms with Crippen LogP contribution in [0.3, 0.4) is 0 Å². The van der Waals surface area contributed by atoms with Gasteiger partial charge < -0.3 is 11.1 Å². The Morgan fingerprint density at radius 3 is 2.94 bits per heavy atom. The van der Waals surface area contributed by atoms with Crippen LogP contribution in [0.2, 0.25) is 0 Å². The molecule has 0 saturated heterocycles. The van der Waals surface area contributed by atoms with Gasteiger partial charge in [-0.25, -0.2) is 0 Å². The van der Waals surface area contributed by atoms with Crippen molar-refractivity contribution in [3.8, 4) is 6.07 Å². The number of nitrogens with two attached hydrogens (primary N) is 1. The number of thioether (sulfide) groups is 1. The number of rotatable bonds is 6. The second kappa shape index (κ2) is 7.08. The molecular formula is C13H19N3S. The van der Waals surface area contributed by atoms with Gasteiger partial charge in [-0.1, -0.05) is 6.92 Å². The summed E-state index contributed by atoms with van der Waals surface area (Å²) in [6.07, 6.45) is 2.48. The smallest absolute Gasteiger partial charge is 0.0670 e. The molecule has 0 amide bonds. The molecular weight excluding hydrogens is 230 g/mol. The molecule has 0 aliphatic carbocycles. The monoisotopic (exact) mass is 249 g/mol. The lowest BCUT2D eigenvalue weighted by molar-refractivity contribution is 0.701. The van der Waals surface area contributed by atoms with Crippen LogP contribution in [0.5, 0.6) is 0 Å². The summed E-state index contributed by atoms with van der Waals surface area (Å²) in [6, 6.07) is 7.90. The van der Waals surface area contributed by atoms with Gasteiger partial charge in [-0.3, -0.25) is 0 Å².